The molecule has 1 saturated heterocycles. The minimum atomic E-state index is -0.870. The summed E-state index contributed by atoms with van der Waals surface area (Å²) in [5.74, 6) is -2.08. The number of aliphatic hydroxyl groups is 1. The molecule has 158 valence electrons. The summed E-state index contributed by atoms with van der Waals surface area (Å²) in [6.45, 7) is 0.333. The number of ketones is 1. The van der Waals surface area contributed by atoms with Gasteiger partial charge in [0.15, 0.2) is 0 Å². The molecule has 31 heavy (non-hydrogen) atoms. The summed E-state index contributed by atoms with van der Waals surface area (Å²) in [7, 11) is 1.49. The van der Waals surface area contributed by atoms with E-state index in [-0.39, 0.29) is 30.0 Å². The van der Waals surface area contributed by atoms with E-state index in [4.69, 9.17) is 4.74 Å². The number of hydrogen-bond donors (Lipinski definition) is 2. The van der Waals surface area contributed by atoms with Gasteiger partial charge < -0.3 is 19.7 Å². The second-order valence-corrected chi connectivity index (χ2v) is 7.08. The number of para-hydroxylation sites is 1. The molecule has 0 saturated carbocycles. The summed E-state index contributed by atoms with van der Waals surface area (Å²) < 4.78 is 5.10. The number of benzene rings is 2. The Morgan fingerprint density at radius 3 is 2.74 bits per heavy atom. The lowest BCUT2D eigenvalue weighted by Gasteiger charge is -2.24. The van der Waals surface area contributed by atoms with Crippen molar-refractivity contribution in [2.45, 2.75) is 6.04 Å². The van der Waals surface area contributed by atoms with Crippen LogP contribution < -0.4 is 0 Å². The number of hydrogen-bond acceptors (Lipinski definition) is 6. The average Bonchev–Trinajstić information content (AvgIpc) is 3.31. The van der Waals surface area contributed by atoms with Crippen LogP contribution in [-0.2, 0) is 14.3 Å². The van der Waals surface area contributed by atoms with Crippen molar-refractivity contribution in [1.29, 1.82) is 0 Å². The van der Waals surface area contributed by atoms with E-state index in [0.717, 1.165) is 10.9 Å². The Morgan fingerprint density at radius 1 is 1.23 bits per heavy atom. The lowest BCUT2D eigenvalue weighted by atomic mass is 9.95. The van der Waals surface area contributed by atoms with Gasteiger partial charge in [-0.3, -0.25) is 19.7 Å². The van der Waals surface area contributed by atoms with Crippen molar-refractivity contribution < 1.29 is 24.4 Å². The maximum Gasteiger partial charge on any atom is 0.295 e. The Hall–Kier alpha value is -3.98. The molecule has 1 aromatic heterocycles. The predicted molar refractivity (Wildman–Crippen MR) is 112 cm³/mol. The maximum absolute atomic E-state index is 13.0. The van der Waals surface area contributed by atoms with E-state index in [9.17, 15) is 24.8 Å². The molecule has 2 aromatic carbocycles. The van der Waals surface area contributed by atoms with E-state index < -0.39 is 28.4 Å². The zero-order valence-corrected chi connectivity index (χ0v) is 16.6. The van der Waals surface area contributed by atoms with E-state index in [1.807, 2.05) is 24.3 Å². The molecule has 1 aliphatic heterocycles. The van der Waals surface area contributed by atoms with Crippen LogP contribution in [0.1, 0.15) is 17.2 Å². The number of H-pyrrole nitrogens is 1. The lowest BCUT2D eigenvalue weighted by Crippen LogP contribution is -2.32. The van der Waals surface area contributed by atoms with Gasteiger partial charge in [-0.25, -0.2) is 0 Å². The summed E-state index contributed by atoms with van der Waals surface area (Å²) in [6.07, 6.45) is 1.70. The normalized spacial score (nSPS) is 18.1. The monoisotopic (exact) mass is 421 g/mol. The first-order valence-electron chi connectivity index (χ1n) is 9.52. The lowest BCUT2D eigenvalue weighted by molar-refractivity contribution is -0.384. The Labute approximate surface area is 176 Å². The van der Waals surface area contributed by atoms with Gasteiger partial charge in [-0.1, -0.05) is 30.3 Å². The average molecular weight is 421 g/mol. The summed E-state index contributed by atoms with van der Waals surface area (Å²) >= 11 is 0. The number of nitrogens with one attached hydrogen (secondary N) is 1. The third-order valence-electron chi connectivity index (χ3n) is 5.32. The maximum atomic E-state index is 13.0. The Bertz CT molecular complexity index is 1230. The Morgan fingerprint density at radius 2 is 2.00 bits per heavy atom. The van der Waals surface area contributed by atoms with E-state index in [0.29, 0.717) is 5.56 Å². The third kappa shape index (κ3) is 3.44. The fourth-order valence-corrected chi connectivity index (χ4v) is 3.87. The number of likely N-dealkylation sites (tertiary alicyclic amines) is 1. The number of aromatic amines is 1. The van der Waals surface area contributed by atoms with Crippen LogP contribution in [-0.4, -0.2) is 51.9 Å². The number of nitro groups is 1. The second kappa shape index (κ2) is 8.04. The SMILES string of the molecule is COCCN1C(=O)C(=O)/C(=C(/O)c2cccc([N+](=O)[O-])c2)C1c1c[nH]c2ccccc12. The van der Waals surface area contributed by atoms with Crippen LogP contribution in [0, 0.1) is 10.1 Å². The number of amides is 1. The standard InChI is InChI=1S/C22H19N3O6/c1-31-10-9-24-19(16-12-23-17-8-3-2-7-15(16)17)18(21(27)22(24)28)20(26)13-5-4-6-14(11-13)25(29)30/h2-8,11-12,19,23,26H,9-10H2,1H3/b20-18+. The minimum Gasteiger partial charge on any atom is -0.507 e. The van der Waals surface area contributed by atoms with Crippen molar-refractivity contribution >= 4 is 34.0 Å². The topological polar surface area (TPSA) is 126 Å². The number of ether oxygens (including phenoxy) is 1. The molecule has 0 bridgehead atoms. The second-order valence-electron chi connectivity index (χ2n) is 7.08. The van der Waals surface area contributed by atoms with Crippen LogP contribution in [0.25, 0.3) is 16.7 Å². The molecule has 1 atom stereocenters. The molecule has 0 aliphatic carbocycles. The van der Waals surface area contributed by atoms with E-state index in [1.54, 1.807) is 6.20 Å². The summed E-state index contributed by atoms with van der Waals surface area (Å²) in [5.41, 5.74) is 1.18. The van der Waals surface area contributed by atoms with Crippen molar-refractivity contribution in [2.75, 3.05) is 20.3 Å². The number of Topliss-reactive ketones (excluding diaryl/α,β-unsaturated/α-hetero) is 1. The molecule has 9 heteroatoms. The van der Waals surface area contributed by atoms with Gasteiger partial charge in [-0.2, -0.15) is 0 Å². The summed E-state index contributed by atoms with van der Waals surface area (Å²) in [4.78, 5) is 40.8. The van der Waals surface area contributed by atoms with Gasteiger partial charge in [0.25, 0.3) is 17.4 Å². The number of rotatable bonds is 6. The van der Waals surface area contributed by atoms with Crippen LogP contribution >= 0.6 is 0 Å². The highest BCUT2D eigenvalue weighted by Crippen LogP contribution is 2.41. The zero-order chi connectivity index (χ0) is 22.1. The zero-order valence-electron chi connectivity index (χ0n) is 16.6. The van der Waals surface area contributed by atoms with Crippen LogP contribution in [0.4, 0.5) is 5.69 Å². The first-order chi connectivity index (χ1) is 14.9. The third-order valence-corrected chi connectivity index (χ3v) is 5.32. The van der Waals surface area contributed by atoms with E-state index in [1.165, 1.54) is 36.3 Å². The Kier molecular flexibility index (Phi) is 5.26. The van der Waals surface area contributed by atoms with Crippen LogP contribution in [0.2, 0.25) is 0 Å². The summed E-state index contributed by atoms with van der Waals surface area (Å²) in [5, 5.41) is 23.0. The molecule has 9 nitrogen and oxygen atoms in total. The molecule has 1 fully saturated rings. The number of nitrogens with zero attached hydrogens (tertiary/aromatic N) is 2. The van der Waals surface area contributed by atoms with E-state index >= 15 is 0 Å². The van der Waals surface area contributed by atoms with Crippen LogP contribution in [0.5, 0.6) is 0 Å². The van der Waals surface area contributed by atoms with Crippen molar-refractivity contribution in [3.8, 4) is 0 Å². The quantitative estimate of drug-likeness (QED) is 0.207. The first kappa shape index (κ1) is 20.3. The fourth-order valence-electron chi connectivity index (χ4n) is 3.87. The molecule has 1 aliphatic rings. The predicted octanol–water partition coefficient (Wildman–Crippen LogP) is 3.14. The van der Waals surface area contributed by atoms with Gasteiger partial charge in [-0.15, -0.1) is 0 Å². The fraction of sp³-hybridized carbons (Fsp3) is 0.182. The van der Waals surface area contributed by atoms with Gasteiger partial charge in [-0.05, 0) is 6.07 Å². The highest BCUT2D eigenvalue weighted by atomic mass is 16.6. The number of methoxy groups -OCH3 is 1. The first-order valence-corrected chi connectivity index (χ1v) is 9.52. The van der Waals surface area contributed by atoms with Gasteiger partial charge >= 0.3 is 0 Å². The molecule has 1 unspecified atom stereocenters. The summed E-state index contributed by atoms with van der Waals surface area (Å²) in [6, 6.07) is 11.9. The van der Waals surface area contributed by atoms with Crippen molar-refractivity contribution in [3.05, 3.63) is 81.5 Å². The number of carbonyl (C=O) groups is 2. The molecule has 2 N–H and O–H groups in total. The molecule has 4 rings (SSSR count). The van der Waals surface area contributed by atoms with E-state index in [2.05, 4.69) is 4.98 Å². The number of non-ortho nitro benzene ring substituents is 1. The number of aliphatic hydroxyl groups excluding tert-OH is 1. The largest absolute Gasteiger partial charge is 0.507 e. The van der Waals surface area contributed by atoms with Crippen LogP contribution in [0.15, 0.2) is 60.3 Å². The molecule has 2 heterocycles. The highest BCUT2D eigenvalue weighted by molar-refractivity contribution is 6.46. The van der Waals surface area contributed by atoms with Crippen molar-refractivity contribution in [1.82, 2.24) is 9.88 Å². The Balaban J connectivity index is 1.93. The van der Waals surface area contributed by atoms with Crippen molar-refractivity contribution in [2.24, 2.45) is 0 Å². The molecule has 1 amide bonds. The minimum absolute atomic E-state index is 0.0868. The number of aromatic nitrogens is 1. The number of carbonyl (C=O) groups excluding carboxylic acids is 2. The van der Waals surface area contributed by atoms with Crippen molar-refractivity contribution in [3.63, 3.8) is 0 Å². The molecule has 3 aromatic rings. The molecule has 0 radical (unpaired) electrons. The van der Waals surface area contributed by atoms with Gasteiger partial charge in [0.05, 0.1) is 23.1 Å². The van der Waals surface area contributed by atoms with Gasteiger partial charge in [0, 0.05) is 54.0 Å². The number of nitro benzene ring substituents is 1. The molecular weight excluding hydrogens is 402 g/mol. The molecule has 0 spiro atoms. The van der Waals surface area contributed by atoms with Crippen LogP contribution in [0.3, 0.4) is 0 Å². The molecular formula is C22H19N3O6. The van der Waals surface area contributed by atoms with Gasteiger partial charge in [0.2, 0.25) is 0 Å². The number of fused-ring (bicyclic) bond motifs is 1. The smallest absolute Gasteiger partial charge is 0.295 e. The highest BCUT2D eigenvalue weighted by Gasteiger charge is 2.46. The van der Waals surface area contributed by atoms with Gasteiger partial charge in [0.1, 0.15) is 5.76 Å².